The van der Waals surface area contributed by atoms with Crippen LogP contribution in [0.3, 0.4) is 0 Å². The van der Waals surface area contributed by atoms with Crippen molar-refractivity contribution in [2.24, 2.45) is 0 Å². The van der Waals surface area contributed by atoms with E-state index in [4.69, 9.17) is 9.47 Å². The van der Waals surface area contributed by atoms with Crippen LogP contribution in [0.2, 0.25) is 0 Å². The molecule has 0 aliphatic heterocycles. The van der Waals surface area contributed by atoms with Crippen LogP contribution >= 0.6 is 11.5 Å². The minimum Gasteiger partial charge on any atom is -0.496 e. The molecule has 4 aromatic rings. The average molecular weight is 368 g/mol. The molecule has 0 saturated carbocycles. The number of nitrogens with zero attached hydrogens (tertiary/aromatic N) is 4. The number of para-hydroxylation sites is 1. The zero-order valence-corrected chi connectivity index (χ0v) is 15.5. The summed E-state index contributed by atoms with van der Waals surface area (Å²) in [6, 6.07) is 5.59. The van der Waals surface area contributed by atoms with Crippen LogP contribution in [0.15, 0.2) is 24.4 Å². The third kappa shape index (κ3) is 2.26. The number of pyridine rings is 1. The van der Waals surface area contributed by atoms with Gasteiger partial charge in [0.15, 0.2) is 0 Å². The molecule has 0 fully saturated rings. The van der Waals surface area contributed by atoms with Crippen molar-refractivity contribution in [1.29, 1.82) is 0 Å². The summed E-state index contributed by atoms with van der Waals surface area (Å²) in [6.07, 6.45) is 1.64. The van der Waals surface area contributed by atoms with Gasteiger partial charge in [-0.25, -0.2) is 4.98 Å². The Hall–Kier alpha value is -3.00. The number of fused-ring (bicyclic) bond motifs is 3. The molecule has 26 heavy (non-hydrogen) atoms. The molecule has 7 nitrogen and oxygen atoms in total. The van der Waals surface area contributed by atoms with Crippen LogP contribution in [0.25, 0.3) is 16.0 Å². The van der Waals surface area contributed by atoms with Crippen molar-refractivity contribution < 1.29 is 14.3 Å². The van der Waals surface area contributed by atoms with Gasteiger partial charge in [0, 0.05) is 28.9 Å². The topological polar surface area (TPSA) is 78.6 Å². The molecule has 132 valence electrons. The minimum atomic E-state index is -0.269. The molecule has 0 N–H and O–H groups in total. The lowest BCUT2D eigenvalue weighted by molar-refractivity contribution is 0.102. The van der Waals surface area contributed by atoms with E-state index in [1.54, 1.807) is 24.8 Å². The fourth-order valence-corrected chi connectivity index (χ4v) is 3.85. The SMILES string of the molecule is COc1c(C)cnc(C(=O)c2nsc3nc4c(OC)cccc4n23)c1C. The van der Waals surface area contributed by atoms with Gasteiger partial charge in [0.1, 0.15) is 22.7 Å². The highest BCUT2D eigenvalue weighted by molar-refractivity contribution is 7.11. The lowest BCUT2D eigenvalue weighted by Gasteiger charge is -2.10. The maximum absolute atomic E-state index is 13.2. The van der Waals surface area contributed by atoms with E-state index >= 15 is 0 Å². The second kappa shape index (κ2) is 6.06. The Morgan fingerprint density at radius 2 is 2.00 bits per heavy atom. The Bertz CT molecular complexity index is 1160. The molecule has 3 heterocycles. The molecular weight excluding hydrogens is 352 g/mol. The average Bonchev–Trinajstić information content (AvgIpc) is 3.20. The summed E-state index contributed by atoms with van der Waals surface area (Å²) in [5.74, 6) is 1.33. The summed E-state index contributed by atoms with van der Waals surface area (Å²) < 4.78 is 16.9. The number of aryl methyl sites for hydroxylation is 1. The van der Waals surface area contributed by atoms with Crippen LogP contribution in [0.4, 0.5) is 0 Å². The Balaban J connectivity index is 1.94. The normalized spacial score (nSPS) is 11.2. The van der Waals surface area contributed by atoms with E-state index < -0.39 is 0 Å². The second-order valence-corrected chi connectivity index (χ2v) is 6.57. The van der Waals surface area contributed by atoms with Gasteiger partial charge in [0.05, 0.1) is 19.7 Å². The van der Waals surface area contributed by atoms with Crippen molar-refractivity contribution in [3.05, 3.63) is 47.0 Å². The summed E-state index contributed by atoms with van der Waals surface area (Å²) in [5.41, 5.74) is 3.37. The number of rotatable bonds is 4. The maximum atomic E-state index is 13.2. The largest absolute Gasteiger partial charge is 0.496 e. The number of aromatic nitrogens is 4. The summed E-state index contributed by atoms with van der Waals surface area (Å²) in [4.78, 5) is 22.7. The Labute approximate surface area is 153 Å². The molecule has 0 atom stereocenters. The van der Waals surface area contributed by atoms with E-state index in [1.165, 1.54) is 11.5 Å². The van der Waals surface area contributed by atoms with Crippen LogP contribution in [0.5, 0.6) is 11.5 Å². The van der Waals surface area contributed by atoms with Gasteiger partial charge in [-0.2, -0.15) is 4.37 Å². The maximum Gasteiger partial charge on any atom is 0.248 e. The quantitative estimate of drug-likeness (QED) is 0.515. The van der Waals surface area contributed by atoms with E-state index in [0.29, 0.717) is 33.2 Å². The zero-order valence-electron chi connectivity index (χ0n) is 14.7. The number of carbonyl (C=O) groups is 1. The number of ether oxygens (including phenoxy) is 2. The van der Waals surface area contributed by atoms with Gasteiger partial charge in [-0.15, -0.1) is 0 Å². The van der Waals surface area contributed by atoms with Crippen LogP contribution in [-0.2, 0) is 0 Å². The smallest absolute Gasteiger partial charge is 0.248 e. The molecule has 1 aromatic carbocycles. The molecule has 0 spiro atoms. The zero-order chi connectivity index (χ0) is 18.4. The summed E-state index contributed by atoms with van der Waals surface area (Å²) in [7, 11) is 3.18. The van der Waals surface area contributed by atoms with E-state index in [0.717, 1.165) is 11.1 Å². The van der Waals surface area contributed by atoms with Crippen molar-refractivity contribution in [2.75, 3.05) is 14.2 Å². The van der Waals surface area contributed by atoms with Gasteiger partial charge >= 0.3 is 0 Å². The van der Waals surface area contributed by atoms with E-state index in [9.17, 15) is 4.79 Å². The van der Waals surface area contributed by atoms with E-state index in [2.05, 4.69) is 14.3 Å². The summed E-state index contributed by atoms with van der Waals surface area (Å²) in [5, 5.41) is 0. The first-order chi connectivity index (χ1) is 12.6. The molecule has 0 saturated heterocycles. The first-order valence-corrected chi connectivity index (χ1v) is 8.70. The molecule has 4 rings (SSSR count). The predicted octanol–water partition coefficient (Wildman–Crippen LogP) is 3.20. The van der Waals surface area contributed by atoms with Crippen LogP contribution in [-0.4, -0.2) is 38.7 Å². The van der Waals surface area contributed by atoms with Gasteiger partial charge < -0.3 is 9.47 Å². The minimum absolute atomic E-state index is 0.269. The van der Waals surface area contributed by atoms with Crippen molar-refractivity contribution in [3.8, 4) is 11.5 Å². The Morgan fingerprint density at radius 1 is 1.19 bits per heavy atom. The first-order valence-electron chi connectivity index (χ1n) is 7.92. The van der Waals surface area contributed by atoms with Gasteiger partial charge in [-0.05, 0) is 26.0 Å². The highest BCUT2D eigenvalue weighted by Crippen LogP contribution is 2.30. The number of hydrogen-bond acceptors (Lipinski definition) is 7. The van der Waals surface area contributed by atoms with Crippen molar-refractivity contribution in [2.45, 2.75) is 13.8 Å². The molecule has 0 bridgehead atoms. The number of carbonyl (C=O) groups excluding carboxylic acids is 1. The standard InChI is InChI=1S/C18H16N4O3S/c1-9-8-19-13(10(2)16(9)25-4)15(23)17-21-26-18-20-14-11(22(17)18)6-5-7-12(14)24-3/h5-8H,1-4H3. The van der Waals surface area contributed by atoms with Gasteiger partial charge in [0.2, 0.25) is 16.6 Å². The van der Waals surface area contributed by atoms with Crippen molar-refractivity contribution in [1.82, 2.24) is 18.7 Å². The Kier molecular flexibility index (Phi) is 3.84. The first kappa shape index (κ1) is 16.5. The lowest BCUT2D eigenvalue weighted by atomic mass is 10.1. The Morgan fingerprint density at radius 3 is 2.73 bits per heavy atom. The van der Waals surface area contributed by atoms with Crippen molar-refractivity contribution >= 4 is 33.3 Å². The lowest BCUT2D eigenvalue weighted by Crippen LogP contribution is -2.12. The van der Waals surface area contributed by atoms with E-state index in [-0.39, 0.29) is 11.6 Å². The number of benzene rings is 1. The molecule has 0 aliphatic carbocycles. The number of imidazole rings is 1. The third-order valence-electron chi connectivity index (χ3n) is 4.33. The van der Waals surface area contributed by atoms with Gasteiger partial charge in [-0.1, -0.05) is 6.07 Å². The van der Waals surface area contributed by atoms with Gasteiger partial charge in [0.25, 0.3) is 0 Å². The summed E-state index contributed by atoms with van der Waals surface area (Å²) >= 11 is 1.17. The molecular formula is C18H16N4O3S. The molecule has 0 radical (unpaired) electrons. The highest BCUT2D eigenvalue weighted by atomic mass is 32.1. The van der Waals surface area contributed by atoms with Crippen LogP contribution in [0, 0.1) is 13.8 Å². The monoisotopic (exact) mass is 368 g/mol. The van der Waals surface area contributed by atoms with Crippen molar-refractivity contribution in [3.63, 3.8) is 0 Å². The predicted molar refractivity (Wildman–Crippen MR) is 98.6 cm³/mol. The number of hydrogen-bond donors (Lipinski definition) is 0. The molecule has 0 amide bonds. The molecule has 8 heteroatoms. The number of ketones is 1. The van der Waals surface area contributed by atoms with Gasteiger partial charge in [-0.3, -0.25) is 14.2 Å². The second-order valence-electron chi connectivity index (χ2n) is 5.84. The number of methoxy groups -OCH3 is 2. The third-order valence-corrected chi connectivity index (χ3v) is 5.03. The van der Waals surface area contributed by atoms with E-state index in [1.807, 2.05) is 32.0 Å². The summed E-state index contributed by atoms with van der Waals surface area (Å²) in [6.45, 7) is 3.72. The highest BCUT2D eigenvalue weighted by Gasteiger charge is 2.24. The van der Waals surface area contributed by atoms with Crippen LogP contribution < -0.4 is 9.47 Å². The molecule has 3 aromatic heterocycles. The molecule has 0 aliphatic rings. The van der Waals surface area contributed by atoms with Crippen LogP contribution in [0.1, 0.15) is 27.4 Å². The molecule has 0 unspecified atom stereocenters. The fourth-order valence-electron chi connectivity index (χ4n) is 3.12. The fraction of sp³-hybridized carbons (Fsp3) is 0.222.